The molecular formula is C13H12BN3O2. The molecule has 0 aliphatic heterocycles. The number of nitrogens with zero attached hydrogens (tertiary/aromatic N) is 1. The lowest BCUT2D eigenvalue weighted by molar-refractivity contribution is 0.100. The van der Waals surface area contributed by atoms with E-state index >= 15 is 0 Å². The van der Waals surface area contributed by atoms with E-state index in [1.165, 1.54) is 0 Å². The van der Waals surface area contributed by atoms with E-state index in [9.17, 15) is 4.79 Å². The summed E-state index contributed by atoms with van der Waals surface area (Å²) in [5.41, 5.74) is 11.3. The maximum absolute atomic E-state index is 11.7. The third-order valence-electron chi connectivity index (χ3n) is 2.72. The van der Waals surface area contributed by atoms with Crippen LogP contribution in [0.4, 0.5) is 0 Å². The fourth-order valence-corrected chi connectivity index (χ4v) is 1.83. The number of guanidine groups is 1. The van der Waals surface area contributed by atoms with Gasteiger partial charge >= 0.3 is 0 Å². The van der Waals surface area contributed by atoms with Crippen molar-refractivity contribution in [3.8, 4) is 5.75 Å². The van der Waals surface area contributed by atoms with Crippen LogP contribution in [0.5, 0.6) is 5.75 Å². The van der Waals surface area contributed by atoms with E-state index in [0.29, 0.717) is 16.8 Å². The molecule has 6 heteroatoms. The first-order chi connectivity index (χ1) is 9.02. The van der Waals surface area contributed by atoms with Gasteiger partial charge in [0, 0.05) is 5.56 Å². The van der Waals surface area contributed by atoms with Crippen molar-refractivity contribution in [1.82, 2.24) is 0 Å². The van der Waals surface area contributed by atoms with Crippen molar-refractivity contribution in [2.45, 2.75) is 0 Å². The molecule has 0 aliphatic carbocycles. The third-order valence-corrected chi connectivity index (χ3v) is 2.72. The van der Waals surface area contributed by atoms with Crippen LogP contribution in [0.15, 0.2) is 35.3 Å². The number of benzene rings is 2. The molecule has 2 aromatic rings. The summed E-state index contributed by atoms with van der Waals surface area (Å²) in [5, 5.41) is 1.62. The van der Waals surface area contributed by atoms with Gasteiger partial charge < -0.3 is 16.2 Å². The summed E-state index contributed by atoms with van der Waals surface area (Å²) >= 11 is 0. The van der Waals surface area contributed by atoms with Crippen molar-refractivity contribution < 1.29 is 9.53 Å². The van der Waals surface area contributed by atoms with Crippen molar-refractivity contribution in [1.29, 1.82) is 0 Å². The minimum Gasteiger partial charge on any atom is -0.497 e. The quantitative estimate of drug-likeness (QED) is 0.449. The second kappa shape index (κ2) is 5.01. The van der Waals surface area contributed by atoms with Gasteiger partial charge in [-0.15, -0.1) is 0 Å². The van der Waals surface area contributed by atoms with Gasteiger partial charge in [0.05, 0.1) is 7.11 Å². The monoisotopic (exact) mass is 253 g/mol. The van der Waals surface area contributed by atoms with Crippen LogP contribution >= 0.6 is 0 Å². The van der Waals surface area contributed by atoms with Crippen molar-refractivity contribution in [2.75, 3.05) is 7.11 Å². The van der Waals surface area contributed by atoms with Crippen molar-refractivity contribution in [3.05, 3.63) is 35.9 Å². The molecular weight excluding hydrogens is 241 g/mol. The van der Waals surface area contributed by atoms with Crippen molar-refractivity contribution in [3.63, 3.8) is 0 Å². The van der Waals surface area contributed by atoms with Crippen LogP contribution in [-0.2, 0) is 0 Å². The Morgan fingerprint density at radius 3 is 2.63 bits per heavy atom. The lowest BCUT2D eigenvalue weighted by Gasteiger charge is -2.09. The molecule has 4 N–H and O–H groups in total. The first-order valence-corrected chi connectivity index (χ1v) is 5.53. The number of nitrogens with two attached hydrogens (primary N) is 2. The van der Waals surface area contributed by atoms with Gasteiger partial charge in [-0.2, -0.15) is 4.99 Å². The van der Waals surface area contributed by atoms with Gasteiger partial charge in [0.1, 0.15) is 13.6 Å². The molecule has 0 atom stereocenters. The first kappa shape index (κ1) is 12.9. The normalized spacial score (nSPS) is 10.2. The maximum atomic E-state index is 11.7. The largest absolute Gasteiger partial charge is 0.497 e. The van der Waals surface area contributed by atoms with E-state index < -0.39 is 5.91 Å². The molecule has 2 rings (SSSR count). The molecule has 0 saturated carbocycles. The molecule has 94 valence electrons. The summed E-state index contributed by atoms with van der Waals surface area (Å²) in [7, 11) is 7.51. The Kier molecular flexibility index (Phi) is 3.42. The number of fused-ring (bicyclic) bond motifs is 1. The van der Waals surface area contributed by atoms with Gasteiger partial charge in [-0.1, -0.05) is 12.1 Å². The van der Waals surface area contributed by atoms with Gasteiger partial charge in [0.25, 0.3) is 5.91 Å². The predicted octanol–water partition coefficient (Wildman–Crippen LogP) is 0.0558. The Balaban J connectivity index is 2.54. The van der Waals surface area contributed by atoms with Crippen molar-refractivity contribution >= 4 is 35.9 Å². The molecule has 2 aromatic carbocycles. The average Bonchev–Trinajstić information content (AvgIpc) is 2.38. The number of rotatable bonds is 2. The van der Waals surface area contributed by atoms with Crippen LogP contribution in [-0.4, -0.2) is 26.8 Å². The molecule has 5 nitrogen and oxygen atoms in total. The van der Waals surface area contributed by atoms with E-state index in [1.807, 2.05) is 6.07 Å². The van der Waals surface area contributed by atoms with E-state index in [1.54, 1.807) is 31.4 Å². The SMILES string of the molecule is [B]c1c(OC)ccc2cc(C(=O)N=C(N)N)ccc12. The number of methoxy groups -OCH3 is 1. The number of carbonyl (C=O) groups is 1. The molecule has 0 spiro atoms. The van der Waals surface area contributed by atoms with E-state index in [4.69, 9.17) is 24.1 Å². The Bertz CT molecular complexity index is 679. The second-order valence-corrected chi connectivity index (χ2v) is 3.96. The summed E-state index contributed by atoms with van der Waals surface area (Å²) in [4.78, 5) is 15.2. The van der Waals surface area contributed by atoms with E-state index in [-0.39, 0.29) is 5.96 Å². The summed E-state index contributed by atoms with van der Waals surface area (Å²) in [6.07, 6.45) is 0. The number of carbonyl (C=O) groups excluding carboxylic acids is 1. The molecule has 2 radical (unpaired) electrons. The van der Waals surface area contributed by atoms with Gasteiger partial charge in [-0.3, -0.25) is 4.79 Å². The number of hydrogen-bond acceptors (Lipinski definition) is 2. The average molecular weight is 253 g/mol. The zero-order chi connectivity index (χ0) is 14.0. The second-order valence-electron chi connectivity index (χ2n) is 3.96. The topological polar surface area (TPSA) is 90.7 Å². The van der Waals surface area contributed by atoms with Crippen LogP contribution in [0.1, 0.15) is 10.4 Å². The molecule has 0 aromatic heterocycles. The Labute approximate surface area is 111 Å². The van der Waals surface area contributed by atoms with Crippen LogP contribution in [0.2, 0.25) is 0 Å². The highest BCUT2D eigenvalue weighted by molar-refractivity contribution is 6.40. The lowest BCUT2D eigenvalue weighted by Crippen LogP contribution is -2.24. The zero-order valence-electron chi connectivity index (χ0n) is 10.4. The van der Waals surface area contributed by atoms with Crippen molar-refractivity contribution in [2.24, 2.45) is 16.5 Å². The first-order valence-electron chi connectivity index (χ1n) is 5.53. The van der Waals surface area contributed by atoms with Gasteiger partial charge in [-0.25, -0.2) is 0 Å². The Hall–Kier alpha value is -2.50. The van der Waals surface area contributed by atoms with Gasteiger partial charge in [0.2, 0.25) is 0 Å². The summed E-state index contributed by atoms with van der Waals surface area (Å²) in [6, 6.07) is 8.60. The van der Waals surface area contributed by atoms with Crippen LogP contribution in [0.3, 0.4) is 0 Å². The molecule has 0 fully saturated rings. The lowest BCUT2D eigenvalue weighted by atomic mass is 9.88. The van der Waals surface area contributed by atoms with Crippen LogP contribution < -0.4 is 21.7 Å². The maximum Gasteiger partial charge on any atom is 0.280 e. The van der Waals surface area contributed by atoms with Gasteiger partial charge in [0.15, 0.2) is 5.96 Å². The number of aliphatic imine (C=N–C) groups is 1. The predicted molar refractivity (Wildman–Crippen MR) is 76.0 cm³/mol. The number of ether oxygens (including phenoxy) is 1. The molecule has 1 amide bonds. The Morgan fingerprint density at radius 2 is 2.00 bits per heavy atom. The summed E-state index contributed by atoms with van der Waals surface area (Å²) < 4.78 is 5.14. The molecule has 0 saturated heterocycles. The highest BCUT2D eigenvalue weighted by Crippen LogP contribution is 2.19. The van der Waals surface area contributed by atoms with Crippen LogP contribution in [0, 0.1) is 0 Å². The van der Waals surface area contributed by atoms with Crippen LogP contribution in [0.25, 0.3) is 10.8 Å². The minimum atomic E-state index is -0.490. The number of amides is 1. The molecule has 19 heavy (non-hydrogen) atoms. The summed E-state index contributed by atoms with van der Waals surface area (Å²) in [5.74, 6) is -0.161. The molecule has 0 unspecified atom stereocenters. The van der Waals surface area contributed by atoms with Gasteiger partial charge in [-0.05, 0) is 34.4 Å². The molecule has 0 bridgehead atoms. The Morgan fingerprint density at radius 1 is 1.26 bits per heavy atom. The zero-order valence-corrected chi connectivity index (χ0v) is 10.4. The standard InChI is InChI=1S/C13H12BN3O2/c1-19-10-5-3-7-6-8(12(18)17-13(15)16)2-4-9(7)11(10)14/h2-6H,1H3,(H4,15,16,17,18). The van der Waals surface area contributed by atoms with E-state index in [2.05, 4.69) is 4.99 Å². The third kappa shape index (κ3) is 2.52. The number of hydrogen-bond donors (Lipinski definition) is 2. The fourth-order valence-electron chi connectivity index (χ4n) is 1.83. The summed E-state index contributed by atoms with van der Waals surface area (Å²) in [6.45, 7) is 0. The molecule has 0 heterocycles. The van der Waals surface area contributed by atoms with E-state index in [0.717, 1.165) is 10.8 Å². The fraction of sp³-hybridized carbons (Fsp3) is 0.0769. The minimum absolute atomic E-state index is 0.264. The smallest absolute Gasteiger partial charge is 0.280 e. The molecule has 0 aliphatic rings. The highest BCUT2D eigenvalue weighted by Gasteiger charge is 2.08. The highest BCUT2D eigenvalue weighted by atomic mass is 16.5.